The molecule has 7 nitrogen and oxygen atoms in total. The Morgan fingerprint density at radius 1 is 1.50 bits per heavy atom. The van der Waals surface area contributed by atoms with Gasteiger partial charge in [0, 0.05) is 12.1 Å². The number of amides is 1. The summed E-state index contributed by atoms with van der Waals surface area (Å²) in [4.78, 5) is 24.5. The molecule has 96 valence electrons. The molecule has 1 saturated carbocycles. The van der Waals surface area contributed by atoms with Crippen LogP contribution in [0.3, 0.4) is 0 Å². The van der Waals surface area contributed by atoms with E-state index in [2.05, 4.69) is 10.2 Å². The van der Waals surface area contributed by atoms with Crippen LogP contribution < -0.4 is 0 Å². The van der Waals surface area contributed by atoms with E-state index in [9.17, 15) is 14.9 Å². The fourth-order valence-corrected chi connectivity index (χ4v) is 2.89. The summed E-state index contributed by atoms with van der Waals surface area (Å²) in [5.41, 5.74) is 0.0639. The minimum Gasteiger partial charge on any atom is -0.331 e. The minimum absolute atomic E-state index is 0.0161. The lowest BCUT2D eigenvalue weighted by Crippen LogP contribution is -2.65. The number of hydrogen-bond donors (Lipinski definition) is 1. The number of nitrogens with zero attached hydrogens (tertiary/aromatic N) is 3. The Balaban J connectivity index is 1.91. The van der Waals surface area contributed by atoms with Crippen LogP contribution in [0.4, 0.5) is 5.69 Å². The van der Waals surface area contributed by atoms with Crippen LogP contribution in [0.25, 0.3) is 0 Å². The largest absolute Gasteiger partial charge is 0.331 e. The van der Waals surface area contributed by atoms with Gasteiger partial charge in [0.2, 0.25) is 5.69 Å². The van der Waals surface area contributed by atoms with E-state index in [-0.39, 0.29) is 22.8 Å². The van der Waals surface area contributed by atoms with Gasteiger partial charge < -0.3 is 4.90 Å². The van der Waals surface area contributed by atoms with Crippen LogP contribution in [-0.2, 0) is 0 Å². The van der Waals surface area contributed by atoms with Gasteiger partial charge in [0.15, 0.2) is 0 Å². The first-order valence-electron chi connectivity index (χ1n) is 6.06. The number of nitro groups is 1. The molecule has 0 atom stereocenters. The summed E-state index contributed by atoms with van der Waals surface area (Å²) in [6, 6.07) is 0. The number of carbonyl (C=O) groups is 1. The molecule has 0 unspecified atom stereocenters. The van der Waals surface area contributed by atoms with E-state index >= 15 is 0 Å². The quantitative estimate of drug-likeness (QED) is 0.634. The molecule has 1 aliphatic heterocycles. The summed E-state index contributed by atoms with van der Waals surface area (Å²) in [6.45, 7) is 2.24. The molecule has 1 aromatic rings. The lowest BCUT2D eigenvalue weighted by Gasteiger charge is -2.58. The van der Waals surface area contributed by atoms with Crippen molar-refractivity contribution in [3.05, 3.63) is 21.5 Å². The Bertz CT molecular complexity index is 527. The van der Waals surface area contributed by atoms with E-state index in [1.165, 1.54) is 0 Å². The van der Waals surface area contributed by atoms with Crippen LogP contribution in [0.2, 0.25) is 0 Å². The summed E-state index contributed by atoms with van der Waals surface area (Å²) in [5.74, 6) is -0.308. The highest BCUT2D eigenvalue weighted by molar-refractivity contribution is 5.97. The molecule has 3 rings (SSSR count). The Kier molecular flexibility index (Phi) is 2.20. The van der Waals surface area contributed by atoms with Gasteiger partial charge in [0.25, 0.3) is 5.91 Å². The van der Waals surface area contributed by atoms with Gasteiger partial charge in [0.05, 0.1) is 4.92 Å². The van der Waals surface area contributed by atoms with Crippen molar-refractivity contribution in [2.75, 3.05) is 6.54 Å². The van der Waals surface area contributed by atoms with Gasteiger partial charge in [0.1, 0.15) is 5.69 Å². The summed E-state index contributed by atoms with van der Waals surface area (Å²) in [5, 5.41) is 17.3. The maximum Gasteiger partial charge on any atom is 0.322 e. The fourth-order valence-electron chi connectivity index (χ4n) is 2.89. The monoisotopic (exact) mass is 250 g/mol. The third kappa shape index (κ3) is 1.30. The van der Waals surface area contributed by atoms with Crippen molar-refractivity contribution in [3.8, 4) is 0 Å². The molecule has 2 fully saturated rings. The molecule has 1 aromatic heterocycles. The number of nitrogens with one attached hydrogen (secondary N) is 1. The van der Waals surface area contributed by atoms with Crippen molar-refractivity contribution in [1.82, 2.24) is 15.1 Å². The van der Waals surface area contributed by atoms with E-state index in [1.54, 1.807) is 11.8 Å². The van der Waals surface area contributed by atoms with E-state index < -0.39 is 4.92 Å². The van der Waals surface area contributed by atoms with Gasteiger partial charge in [-0.3, -0.25) is 20.0 Å². The predicted molar refractivity (Wildman–Crippen MR) is 62.2 cm³/mol. The van der Waals surface area contributed by atoms with Crippen LogP contribution in [-0.4, -0.2) is 38.0 Å². The topological polar surface area (TPSA) is 92.1 Å². The van der Waals surface area contributed by atoms with E-state index in [4.69, 9.17) is 0 Å². The lowest BCUT2D eigenvalue weighted by molar-refractivity contribution is -0.385. The molecule has 1 aliphatic carbocycles. The zero-order valence-corrected chi connectivity index (χ0v) is 10.1. The molecule has 0 aromatic carbocycles. The Morgan fingerprint density at radius 2 is 2.22 bits per heavy atom. The number of rotatable bonds is 2. The molecule has 7 heteroatoms. The summed E-state index contributed by atoms with van der Waals surface area (Å²) >= 11 is 0. The Hall–Kier alpha value is -1.92. The van der Waals surface area contributed by atoms with Crippen molar-refractivity contribution >= 4 is 11.6 Å². The zero-order valence-electron chi connectivity index (χ0n) is 10.1. The second-order valence-corrected chi connectivity index (χ2v) is 5.09. The van der Waals surface area contributed by atoms with Crippen molar-refractivity contribution < 1.29 is 9.72 Å². The Labute approximate surface area is 103 Å². The average molecular weight is 250 g/mol. The van der Waals surface area contributed by atoms with Gasteiger partial charge >= 0.3 is 5.69 Å². The number of aromatic amines is 1. The lowest BCUT2D eigenvalue weighted by atomic mass is 9.67. The first kappa shape index (κ1) is 11.2. The van der Waals surface area contributed by atoms with Crippen LogP contribution in [0.5, 0.6) is 0 Å². The third-order valence-electron chi connectivity index (χ3n) is 4.20. The molecule has 1 amide bonds. The van der Waals surface area contributed by atoms with Crippen molar-refractivity contribution in [1.29, 1.82) is 0 Å². The second-order valence-electron chi connectivity index (χ2n) is 5.09. The zero-order chi connectivity index (χ0) is 12.9. The number of H-pyrrole nitrogens is 1. The number of hydrogen-bond acceptors (Lipinski definition) is 4. The van der Waals surface area contributed by atoms with E-state index in [0.29, 0.717) is 12.2 Å². The van der Waals surface area contributed by atoms with Gasteiger partial charge in [-0.2, -0.15) is 5.10 Å². The standard InChI is InChI=1S/C11H14N4O3/c1-7-9(15(17)18)8(13-12-7)10(16)14-6-5-11(14)3-2-4-11/h2-6H2,1H3,(H,12,13). The fraction of sp³-hybridized carbons (Fsp3) is 0.636. The van der Waals surface area contributed by atoms with Gasteiger partial charge in [-0.1, -0.05) is 0 Å². The van der Waals surface area contributed by atoms with Gasteiger partial charge in [-0.05, 0) is 32.6 Å². The van der Waals surface area contributed by atoms with E-state index in [0.717, 1.165) is 25.7 Å². The van der Waals surface area contributed by atoms with Crippen molar-refractivity contribution in [2.45, 2.75) is 38.1 Å². The highest BCUT2D eigenvalue weighted by Gasteiger charge is 2.52. The van der Waals surface area contributed by atoms with Crippen LogP contribution in [0, 0.1) is 17.0 Å². The molecule has 2 aliphatic rings. The molecule has 18 heavy (non-hydrogen) atoms. The number of carbonyl (C=O) groups excluding carboxylic acids is 1. The number of aromatic nitrogens is 2. The minimum atomic E-state index is -0.542. The molecular weight excluding hydrogens is 236 g/mol. The highest BCUT2D eigenvalue weighted by Crippen LogP contribution is 2.47. The second kappa shape index (κ2) is 3.54. The Morgan fingerprint density at radius 3 is 2.67 bits per heavy atom. The predicted octanol–water partition coefficient (Wildman–Crippen LogP) is 1.39. The third-order valence-corrected chi connectivity index (χ3v) is 4.20. The SMILES string of the molecule is Cc1[nH]nc(C(=O)N2CCC23CCC3)c1[N+](=O)[O-]. The molecule has 1 spiro atoms. The number of aryl methyl sites for hydroxylation is 1. The molecular formula is C11H14N4O3. The van der Waals surface area contributed by atoms with Crippen LogP contribution in [0.1, 0.15) is 41.9 Å². The normalized spacial score (nSPS) is 20.4. The van der Waals surface area contributed by atoms with Crippen LogP contribution >= 0.6 is 0 Å². The van der Waals surface area contributed by atoms with E-state index in [1.807, 2.05) is 0 Å². The first-order chi connectivity index (χ1) is 8.55. The van der Waals surface area contributed by atoms with Crippen LogP contribution in [0.15, 0.2) is 0 Å². The molecule has 0 bridgehead atoms. The highest BCUT2D eigenvalue weighted by atomic mass is 16.6. The number of likely N-dealkylation sites (tertiary alicyclic amines) is 1. The average Bonchev–Trinajstić information content (AvgIpc) is 2.56. The molecule has 1 saturated heterocycles. The van der Waals surface area contributed by atoms with Crippen molar-refractivity contribution in [2.24, 2.45) is 0 Å². The summed E-state index contributed by atoms with van der Waals surface area (Å²) < 4.78 is 0. The molecule has 1 N–H and O–H groups in total. The summed E-state index contributed by atoms with van der Waals surface area (Å²) in [7, 11) is 0. The maximum atomic E-state index is 12.3. The molecule has 2 heterocycles. The first-order valence-corrected chi connectivity index (χ1v) is 6.06. The molecule has 0 radical (unpaired) electrons. The maximum absolute atomic E-state index is 12.3. The van der Waals surface area contributed by atoms with Gasteiger partial charge in [-0.25, -0.2) is 0 Å². The van der Waals surface area contributed by atoms with Crippen molar-refractivity contribution in [3.63, 3.8) is 0 Å². The summed E-state index contributed by atoms with van der Waals surface area (Å²) in [6.07, 6.45) is 4.16. The smallest absolute Gasteiger partial charge is 0.322 e. The van der Waals surface area contributed by atoms with Gasteiger partial charge in [-0.15, -0.1) is 0 Å².